The van der Waals surface area contributed by atoms with Crippen molar-refractivity contribution in [2.45, 2.75) is 30.5 Å². The summed E-state index contributed by atoms with van der Waals surface area (Å²) in [6.45, 7) is 0. The predicted octanol–water partition coefficient (Wildman–Crippen LogP) is 2.02. The molecular weight excluding hydrogens is 218 g/mol. The molecule has 9 heteroatoms. The maximum Gasteiger partial charge on any atom is 0.440 e. The van der Waals surface area contributed by atoms with Crippen molar-refractivity contribution in [1.29, 1.82) is 0 Å². The van der Waals surface area contributed by atoms with Gasteiger partial charge in [-0.2, -0.15) is 31.5 Å². The number of halogens is 6. The molecular formula is C5H4F6N2O. The third kappa shape index (κ3) is 1.81. The molecule has 0 aromatic heterocycles. The lowest BCUT2D eigenvalue weighted by molar-refractivity contribution is -0.261. The minimum atomic E-state index is -5.24. The maximum absolute atomic E-state index is 11.9. The first-order valence-corrected chi connectivity index (χ1v) is 3.34. The molecule has 0 aromatic carbocycles. The Morgan fingerprint density at radius 2 is 1.64 bits per heavy atom. The van der Waals surface area contributed by atoms with Crippen molar-refractivity contribution in [1.82, 2.24) is 0 Å². The number of hydrogen-bond donors (Lipinski definition) is 1. The second kappa shape index (κ2) is 2.81. The standard InChI is InChI=1S/C5H4F6N2O/c6-4(7,8)2-1-3(14,13-12-2)5(9,10)11/h2,14H,1H2. The van der Waals surface area contributed by atoms with E-state index in [-0.39, 0.29) is 0 Å². The van der Waals surface area contributed by atoms with E-state index in [2.05, 4.69) is 10.2 Å². The Balaban J connectivity index is 2.82. The van der Waals surface area contributed by atoms with Crippen LogP contribution in [0.3, 0.4) is 0 Å². The van der Waals surface area contributed by atoms with Crippen molar-refractivity contribution in [3.8, 4) is 0 Å². The molecule has 0 bridgehead atoms. The van der Waals surface area contributed by atoms with E-state index >= 15 is 0 Å². The monoisotopic (exact) mass is 222 g/mol. The second-order valence-electron chi connectivity index (χ2n) is 2.79. The first-order chi connectivity index (χ1) is 6.06. The quantitative estimate of drug-likeness (QED) is 0.626. The van der Waals surface area contributed by atoms with Crippen LogP contribution >= 0.6 is 0 Å². The van der Waals surface area contributed by atoms with Crippen LogP contribution < -0.4 is 0 Å². The molecule has 1 N–H and O–H groups in total. The van der Waals surface area contributed by atoms with Gasteiger partial charge in [0.2, 0.25) is 0 Å². The minimum Gasteiger partial charge on any atom is -0.361 e. The van der Waals surface area contributed by atoms with E-state index in [4.69, 9.17) is 5.11 Å². The van der Waals surface area contributed by atoms with E-state index in [0.29, 0.717) is 0 Å². The fourth-order valence-corrected chi connectivity index (χ4v) is 0.870. The summed E-state index contributed by atoms with van der Waals surface area (Å²) >= 11 is 0. The second-order valence-corrected chi connectivity index (χ2v) is 2.79. The molecule has 0 aliphatic carbocycles. The molecule has 1 aliphatic heterocycles. The summed E-state index contributed by atoms with van der Waals surface area (Å²) in [5.74, 6) is 0. The summed E-state index contributed by atoms with van der Waals surface area (Å²) in [5, 5.41) is 13.3. The van der Waals surface area contributed by atoms with Crippen LogP contribution in [0.25, 0.3) is 0 Å². The molecule has 0 radical (unpaired) electrons. The van der Waals surface area contributed by atoms with Gasteiger partial charge in [-0.25, -0.2) is 0 Å². The molecule has 82 valence electrons. The maximum atomic E-state index is 11.9. The van der Waals surface area contributed by atoms with Crippen LogP contribution in [0.1, 0.15) is 6.42 Å². The lowest BCUT2D eigenvalue weighted by atomic mass is 10.1. The lowest BCUT2D eigenvalue weighted by Gasteiger charge is -2.21. The molecule has 2 atom stereocenters. The summed E-state index contributed by atoms with van der Waals surface area (Å²) in [6, 6.07) is -2.59. The van der Waals surface area contributed by atoms with Gasteiger partial charge in [0.25, 0.3) is 5.72 Å². The zero-order chi connectivity index (χ0) is 11.2. The van der Waals surface area contributed by atoms with Crippen LogP contribution in [0.4, 0.5) is 26.3 Å². The summed E-state index contributed by atoms with van der Waals surface area (Å²) in [5.41, 5.74) is -3.70. The average molecular weight is 222 g/mol. The largest absolute Gasteiger partial charge is 0.440 e. The van der Waals surface area contributed by atoms with Gasteiger partial charge >= 0.3 is 12.4 Å². The van der Waals surface area contributed by atoms with Gasteiger partial charge in [0, 0.05) is 6.42 Å². The van der Waals surface area contributed by atoms with Gasteiger partial charge in [-0.05, 0) is 0 Å². The van der Waals surface area contributed by atoms with Gasteiger partial charge in [0.1, 0.15) is 0 Å². The van der Waals surface area contributed by atoms with Gasteiger partial charge in [-0.3, -0.25) is 0 Å². The molecule has 1 rings (SSSR count). The highest BCUT2D eigenvalue weighted by Gasteiger charge is 2.62. The Bertz CT molecular complexity index is 258. The molecule has 14 heavy (non-hydrogen) atoms. The number of aliphatic hydroxyl groups is 1. The van der Waals surface area contributed by atoms with Gasteiger partial charge in [0.05, 0.1) is 0 Å². The Kier molecular flexibility index (Phi) is 2.25. The van der Waals surface area contributed by atoms with Gasteiger partial charge in [-0.15, -0.1) is 5.11 Å². The van der Waals surface area contributed by atoms with E-state index in [1.807, 2.05) is 0 Å². The third-order valence-corrected chi connectivity index (χ3v) is 1.67. The Labute approximate surface area is 73.4 Å². The van der Waals surface area contributed by atoms with E-state index < -0.39 is 30.5 Å². The Hall–Kier alpha value is -0.860. The summed E-state index contributed by atoms with van der Waals surface area (Å²) < 4.78 is 71.4. The third-order valence-electron chi connectivity index (χ3n) is 1.67. The molecule has 3 nitrogen and oxygen atoms in total. The van der Waals surface area contributed by atoms with E-state index in [0.717, 1.165) is 0 Å². The number of alkyl halides is 6. The summed E-state index contributed by atoms with van der Waals surface area (Å²) in [7, 11) is 0. The van der Waals surface area contributed by atoms with E-state index in [1.165, 1.54) is 0 Å². The Morgan fingerprint density at radius 3 is 1.86 bits per heavy atom. The van der Waals surface area contributed by atoms with Gasteiger partial charge < -0.3 is 5.11 Å². The molecule has 1 aliphatic rings. The van der Waals surface area contributed by atoms with Crippen molar-refractivity contribution >= 4 is 0 Å². The molecule has 2 unspecified atom stereocenters. The van der Waals surface area contributed by atoms with Gasteiger partial charge in [-0.1, -0.05) is 0 Å². The Morgan fingerprint density at radius 1 is 1.14 bits per heavy atom. The van der Waals surface area contributed by atoms with E-state index in [9.17, 15) is 26.3 Å². The minimum absolute atomic E-state index is 1.61. The van der Waals surface area contributed by atoms with Crippen LogP contribution in [0.5, 0.6) is 0 Å². The number of hydrogen-bond acceptors (Lipinski definition) is 3. The molecule has 1 heterocycles. The molecule has 0 saturated carbocycles. The van der Waals surface area contributed by atoms with Crippen molar-refractivity contribution in [2.24, 2.45) is 10.2 Å². The van der Waals surface area contributed by atoms with Crippen LogP contribution in [-0.2, 0) is 0 Å². The van der Waals surface area contributed by atoms with Crippen LogP contribution in [0.15, 0.2) is 10.2 Å². The first kappa shape index (κ1) is 11.2. The fraction of sp³-hybridized carbons (Fsp3) is 1.00. The lowest BCUT2D eigenvalue weighted by Crippen LogP contribution is -2.44. The first-order valence-electron chi connectivity index (χ1n) is 3.34. The highest BCUT2D eigenvalue weighted by Crippen LogP contribution is 2.43. The van der Waals surface area contributed by atoms with Crippen LogP contribution in [-0.4, -0.2) is 29.2 Å². The molecule has 0 aromatic rings. The predicted molar refractivity (Wildman–Crippen MR) is 30.3 cm³/mol. The van der Waals surface area contributed by atoms with E-state index in [1.54, 1.807) is 0 Å². The van der Waals surface area contributed by atoms with Crippen molar-refractivity contribution in [3.05, 3.63) is 0 Å². The van der Waals surface area contributed by atoms with Gasteiger partial charge in [0.15, 0.2) is 6.04 Å². The highest BCUT2D eigenvalue weighted by atomic mass is 19.4. The summed E-state index contributed by atoms with van der Waals surface area (Å²) in [6.07, 6.45) is -11.8. The molecule has 0 amide bonds. The highest BCUT2D eigenvalue weighted by molar-refractivity contribution is 4.95. The van der Waals surface area contributed by atoms with Crippen molar-refractivity contribution in [2.75, 3.05) is 0 Å². The zero-order valence-corrected chi connectivity index (χ0v) is 6.39. The number of nitrogens with zero attached hydrogens (tertiary/aromatic N) is 2. The fourth-order valence-electron chi connectivity index (χ4n) is 0.870. The normalized spacial score (nSPS) is 33.8. The van der Waals surface area contributed by atoms with Crippen molar-refractivity contribution in [3.63, 3.8) is 0 Å². The number of rotatable bonds is 0. The van der Waals surface area contributed by atoms with Crippen molar-refractivity contribution < 1.29 is 31.4 Å². The summed E-state index contributed by atoms with van der Waals surface area (Å²) in [4.78, 5) is 0. The zero-order valence-electron chi connectivity index (χ0n) is 6.39. The average Bonchev–Trinajstić information content (AvgIpc) is 2.29. The SMILES string of the molecule is OC1(C(F)(F)F)CC(C(F)(F)F)N=N1. The molecule has 0 fully saturated rings. The van der Waals surface area contributed by atoms with Crippen LogP contribution in [0, 0.1) is 0 Å². The molecule has 0 saturated heterocycles. The number of azo groups is 1. The smallest absolute Gasteiger partial charge is 0.361 e. The molecule has 0 spiro atoms. The topological polar surface area (TPSA) is 45.0 Å². The van der Waals surface area contributed by atoms with Crippen LogP contribution in [0.2, 0.25) is 0 Å².